The Morgan fingerprint density at radius 2 is 1.78 bits per heavy atom. The molecule has 0 heterocycles. The third-order valence-electron chi connectivity index (χ3n) is 0.250. The molecule has 0 N–H and O–H groups in total. The Morgan fingerprint density at radius 1 is 1.33 bits per heavy atom. The van der Waals surface area contributed by atoms with Gasteiger partial charge in [-0.1, -0.05) is 33.6 Å². The zero-order valence-electron chi connectivity index (χ0n) is 4.79. The molecule has 9 heavy (non-hydrogen) atoms. The van der Waals surface area contributed by atoms with Crippen LogP contribution < -0.4 is 0 Å². The average molecular weight is 254 g/mol. The first kappa shape index (κ1) is 12.7. The lowest BCUT2D eigenvalue weighted by Crippen LogP contribution is -1.62. The molecule has 0 rings (SSSR count). The van der Waals surface area contributed by atoms with Crippen LogP contribution in [-0.2, 0) is 0 Å². The summed E-state index contributed by atoms with van der Waals surface area (Å²) in [5.74, 6) is 1.21. The molecule has 0 aromatic heterocycles. The summed E-state index contributed by atoms with van der Waals surface area (Å²) in [6.45, 7) is 0. The minimum Gasteiger partial charge on any atom is -0.126 e. The highest BCUT2D eigenvalue weighted by atomic mass is 79.9. The zero-order chi connectivity index (χ0) is 7.54. The lowest BCUT2D eigenvalue weighted by atomic mass is 10.8. The van der Waals surface area contributed by atoms with E-state index in [2.05, 4.69) is 15.9 Å². The maximum absolute atomic E-state index is 5.14. The molecule has 0 amide bonds. The van der Waals surface area contributed by atoms with Gasteiger partial charge in [0.1, 0.15) is 0 Å². The summed E-state index contributed by atoms with van der Waals surface area (Å²) in [7, 11) is 0. The molecule has 0 saturated heterocycles. The molecule has 0 aliphatic heterocycles. The van der Waals surface area contributed by atoms with Gasteiger partial charge in [0.15, 0.2) is 0 Å². The van der Waals surface area contributed by atoms with Crippen molar-refractivity contribution in [1.29, 1.82) is 0 Å². The summed E-state index contributed by atoms with van der Waals surface area (Å²) in [6.07, 6.45) is 1.66. The van der Waals surface area contributed by atoms with E-state index >= 15 is 0 Å². The van der Waals surface area contributed by atoms with E-state index in [0.29, 0.717) is 11.8 Å². The van der Waals surface area contributed by atoms with Crippen LogP contribution in [0.15, 0.2) is 11.6 Å². The first-order chi connectivity index (χ1) is 4.33. The van der Waals surface area contributed by atoms with E-state index in [0.717, 1.165) is 5.33 Å². The van der Waals surface area contributed by atoms with Gasteiger partial charge in [0.2, 0.25) is 0 Å². The van der Waals surface area contributed by atoms with Gasteiger partial charge in [-0.3, -0.25) is 0 Å². The summed E-state index contributed by atoms with van der Waals surface area (Å²) in [4.78, 5) is 0. The highest BCUT2D eigenvalue weighted by Gasteiger charge is 1.61. The minimum atomic E-state index is 0.503. The van der Waals surface area contributed by atoms with Crippen molar-refractivity contribution in [3.05, 3.63) is 11.6 Å². The van der Waals surface area contributed by atoms with Gasteiger partial charge in [-0.25, -0.2) is 0 Å². The van der Waals surface area contributed by atoms with Crippen LogP contribution in [0.1, 0.15) is 0 Å². The molecule has 56 valence electrons. The molecule has 0 unspecified atom stereocenters. The topological polar surface area (TPSA) is 0 Å². The third-order valence-corrected chi connectivity index (χ3v) is 1.65. The molecule has 0 bridgehead atoms. The Morgan fingerprint density at radius 3 is 1.78 bits per heavy atom. The van der Waals surface area contributed by atoms with Gasteiger partial charge < -0.3 is 0 Å². The summed E-state index contributed by atoms with van der Waals surface area (Å²) in [5, 5.41) is 0.897. The predicted molar refractivity (Wildman–Crippen MR) is 50.2 cm³/mol. The van der Waals surface area contributed by atoms with Crippen LogP contribution in [-0.4, -0.2) is 17.1 Å². The minimum absolute atomic E-state index is 0.503. The van der Waals surface area contributed by atoms with Crippen LogP contribution in [0, 0.1) is 0 Å². The molecular weight excluding hydrogens is 246 g/mol. The van der Waals surface area contributed by atoms with Crippen molar-refractivity contribution in [2.45, 2.75) is 0 Å². The fourth-order valence-corrected chi connectivity index (χ4v) is 0.303. The lowest BCUT2D eigenvalue weighted by Gasteiger charge is -1.63. The molecule has 4 heteroatoms. The molecule has 0 aromatic carbocycles. The molecule has 0 fully saturated rings. The largest absolute Gasteiger partial charge is 0.126 e. The highest BCUT2D eigenvalue weighted by molar-refractivity contribution is 9.09. The van der Waals surface area contributed by atoms with Crippen molar-refractivity contribution in [2.75, 3.05) is 17.1 Å². The molecule has 0 nitrogen and oxygen atoms in total. The number of alkyl halides is 3. The van der Waals surface area contributed by atoms with Crippen molar-refractivity contribution >= 4 is 50.7 Å². The van der Waals surface area contributed by atoms with E-state index in [9.17, 15) is 0 Å². The van der Waals surface area contributed by atoms with Crippen LogP contribution in [0.2, 0.25) is 0 Å². The monoisotopic (exact) mass is 252 g/mol. The first-order valence-corrected chi connectivity index (χ1v) is 4.89. The molecule has 0 aliphatic rings. The standard InChI is InChI=1S/C3H4Cl2.C2H4BrCl/c4-2-1-3-5;3-1-2-4/h1-2H,3H2;1-2H2. The van der Waals surface area contributed by atoms with Gasteiger partial charge in [0.25, 0.3) is 0 Å². The van der Waals surface area contributed by atoms with Crippen LogP contribution in [0.25, 0.3) is 0 Å². The third kappa shape index (κ3) is 27.3. The SMILES string of the molecule is ClC=CCCl.ClCCBr. The lowest BCUT2D eigenvalue weighted by molar-refractivity contribution is 1.57. The van der Waals surface area contributed by atoms with Gasteiger partial charge in [0, 0.05) is 22.6 Å². The molecule has 0 saturated carbocycles. The summed E-state index contributed by atoms with van der Waals surface area (Å²) >= 11 is 18.4. The van der Waals surface area contributed by atoms with Crippen LogP contribution in [0.3, 0.4) is 0 Å². The van der Waals surface area contributed by atoms with E-state index < -0.39 is 0 Å². The Balaban J connectivity index is 0. The summed E-state index contributed by atoms with van der Waals surface area (Å²) < 4.78 is 0. The second kappa shape index (κ2) is 16.0. The van der Waals surface area contributed by atoms with E-state index in [4.69, 9.17) is 34.8 Å². The number of hydrogen-bond acceptors (Lipinski definition) is 0. The van der Waals surface area contributed by atoms with Crippen LogP contribution in [0.4, 0.5) is 0 Å². The maximum Gasteiger partial charge on any atom is 0.0415 e. The predicted octanol–water partition coefficient (Wildman–Crippen LogP) is 3.60. The number of allylic oxidation sites excluding steroid dienone is 1. The second-order valence-electron chi connectivity index (χ2n) is 0.894. The Kier molecular flexibility index (Phi) is 22.7. The summed E-state index contributed by atoms with van der Waals surface area (Å²) in [6, 6.07) is 0. The molecule has 0 spiro atoms. The molecule has 0 radical (unpaired) electrons. The number of hydrogen-bond donors (Lipinski definition) is 0. The quantitative estimate of drug-likeness (QED) is 0.661. The van der Waals surface area contributed by atoms with E-state index in [1.54, 1.807) is 6.08 Å². The van der Waals surface area contributed by atoms with Crippen molar-refractivity contribution in [2.24, 2.45) is 0 Å². The number of rotatable bonds is 2. The van der Waals surface area contributed by atoms with Crippen LogP contribution >= 0.6 is 50.7 Å². The van der Waals surface area contributed by atoms with Gasteiger partial charge in [-0.05, 0) is 0 Å². The zero-order valence-corrected chi connectivity index (χ0v) is 8.64. The van der Waals surface area contributed by atoms with Crippen molar-refractivity contribution < 1.29 is 0 Å². The smallest absolute Gasteiger partial charge is 0.0415 e. The number of halogens is 4. The van der Waals surface area contributed by atoms with Crippen molar-refractivity contribution in [3.63, 3.8) is 0 Å². The van der Waals surface area contributed by atoms with E-state index in [1.165, 1.54) is 5.54 Å². The van der Waals surface area contributed by atoms with Crippen LogP contribution in [0.5, 0.6) is 0 Å². The summed E-state index contributed by atoms with van der Waals surface area (Å²) in [5.41, 5.74) is 1.40. The molecule has 0 atom stereocenters. The molecular formula is C5H8BrCl3. The normalized spacial score (nSPS) is 8.89. The fourth-order valence-electron chi connectivity index (χ4n) is 0.0337. The Hall–Kier alpha value is 1.09. The van der Waals surface area contributed by atoms with Crippen molar-refractivity contribution in [3.8, 4) is 0 Å². The van der Waals surface area contributed by atoms with Gasteiger partial charge in [-0.15, -0.1) is 23.2 Å². The average Bonchev–Trinajstić information content (AvgIpc) is 1.91. The van der Waals surface area contributed by atoms with E-state index in [-0.39, 0.29) is 0 Å². The first-order valence-electron chi connectivity index (χ1n) is 2.26. The maximum atomic E-state index is 5.14. The Bertz CT molecular complexity index is 54.2. The van der Waals surface area contributed by atoms with Gasteiger partial charge in [0.05, 0.1) is 0 Å². The van der Waals surface area contributed by atoms with Gasteiger partial charge in [-0.2, -0.15) is 0 Å². The second-order valence-corrected chi connectivity index (χ2v) is 2.63. The molecule has 0 aromatic rings. The Labute approximate surface area is 79.3 Å². The highest BCUT2D eigenvalue weighted by Crippen LogP contribution is 1.79. The fraction of sp³-hybridized carbons (Fsp3) is 0.600. The van der Waals surface area contributed by atoms with Crippen molar-refractivity contribution in [1.82, 2.24) is 0 Å². The molecule has 0 aliphatic carbocycles. The van der Waals surface area contributed by atoms with Gasteiger partial charge >= 0.3 is 0 Å². The van der Waals surface area contributed by atoms with E-state index in [1.807, 2.05) is 0 Å².